The van der Waals surface area contributed by atoms with Crippen LogP contribution in [0.2, 0.25) is 0 Å². The standard InChI is InChI=1S/C18H21NO3/c1-19(12-14-8-5-4-6-9-14)13-15-10-7-11-16(21-2)17(15)18(20)22-3/h4-11H,12-13H2,1-3H3. The van der Waals surface area contributed by atoms with Crippen LogP contribution in [0.3, 0.4) is 0 Å². The first-order valence-corrected chi connectivity index (χ1v) is 7.12. The summed E-state index contributed by atoms with van der Waals surface area (Å²) >= 11 is 0. The van der Waals surface area contributed by atoms with Crippen molar-refractivity contribution in [2.45, 2.75) is 13.1 Å². The molecule has 0 unspecified atom stereocenters. The van der Waals surface area contributed by atoms with Crippen molar-refractivity contribution in [3.8, 4) is 5.75 Å². The average molecular weight is 299 g/mol. The van der Waals surface area contributed by atoms with E-state index >= 15 is 0 Å². The SMILES string of the molecule is COC(=O)c1c(CN(C)Cc2ccccc2)cccc1OC. The van der Waals surface area contributed by atoms with E-state index in [1.165, 1.54) is 12.7 Å². The predicted molar refractivity (Wildman–Crippen MR) is 85.9 cm³/mol. The van der Waals surface area contributed by atoms with Crippen molar-refractivity contribution in [3.63, 3.8) is 0 Å². The zero-order chi connectivity index (χ0) is 15.9. The molecule has 0 atom stereocenters. The van der Waals surface area contributed by atoms with Gasteiger partial charge in [-0.15, -0.1) is 0 Å². The maximum absolute atomic E-state index is 12.0. The van der Waals surface area contributed by atoms with E-state index in [1.54, 1.807) is 13.2 Å². The van der Waals surface area contributed by atoms with Crippen LogP contribution in [0.4, 0.5) is 0 Å². The number of esters is 1. The fourth-order valence-electron chi connectivity index (χ4n) is 2.45. The molecule has 2 rings (SSSR count). The van der Waals surface area contributed by atoms with Crippen molar-refractivity contribution in [3.05, 3.63) is 65.2 Å². The Labute approximate surface area is 131 Å². The van der Waals surface area contributed by atoms with E-state index in [1.807, 2.05) is 37.4 Å². The molecule has 2 aromatic carbocycles. The second-order valence-electron chi connectivity index (χ2n) is 5.14. The van der Waals surface area contributed by atoms with Crippen LogP contribution in [0.15, 0.2) is 48.5 Å². The second kappa shape index (κ2) is 7.61. The molecular formula is C18H21NO3. The van der Waals surface area contributed by atoms with Gasteiger partial charge in [0.25, 0.3) is 0 Å². The first-order chi connectivity index (χ1) is 10.7. The van der Waals surface area contributed by atoms with Crippen LogP contribution in [-0.2, 0) is 17.8 Å². The number of nitrogens with zero attached hydrogens (tertiary/aromatic N) is 1. The molecule has 0 N–H and O–H groups in total. The number of ether oxygens (including phenoxy) is 2. The maximum Gasteiger partial charge on any atom is 0.341 e. The number of carbonyl (C=O) groups excluding carboxylic acids is 1. The summed E-state index contributed by atoms with van der Waals surface area (Å²) in [7, 11) is 4.96. The number of benzene rings is 2. The Kier molecular flexibility index (Phi) is 5.55. The van der Waals surface area contributed by atoms with Gasteiger partial charge >= 0.3 is 5.97 Å². The summed E-state index contributed by atoms with van der Waals surface area (Å²) in [5.41, 5.74) is 2.62. The Morgan fingerprint density at radius 2 is 1.73 bits per heavy atom. The first-order valence-electron chi connectivity index (χ1n) is 7.12. The van der Waals surface area contributed by atoms with Gasteiger partial charge in [-0.05, 0) is 24.2 Å². The number of methoxy groups -OCH3 is 2. The molecule has 0 amide bonds. The monoisotopic (exact) mass is 299 g/mol. The van der Waals surface area contributed by atoms with E-state index in [4.69, 9.17) is 9.47 Å². The summed E-state index contributed by atoms with van der Waals surface area (Å²) in [5.74, 6) is 0.165. The average Bonchev–Trinajstić information content (AvgIpc) is 2.54. The van der Waals surface area contributed by atoms with Gasteiger partial charge in [-0.1, -0.05) is 42.5 Å². The smallest absolute Gasteiger partial charge is 0.341 e. The van der Waals surface area contributed by atoms with Crippen LogP contribution in [0.5, 0.6) is 5.75 Å². The highest BCUT2D eigenvalue weighted by Crippen LogP contribution is 2.24. The number of rotatable bonds is 6. The zero-order valence-corrected chi connectivity index (χ0v) is 13.2. The largest absolute Gasteiger partial charge is 0.496 e. The molecule has 0 radical (unpaired) electrons. The molecule has 2 aromatic rings. The molecule has 0 aliphatic rings. The van der Waals surface area contributed by atoms with Gasteiger partial charge in [-0.2, -0.15) is 0 Å². The van der Waals surface area contributed by atoms with Crippen molar-refractivity contribution >= 4 is 5.97 Å². The topological polar surface area (TPSA) is 38.8 Å². The second-order valence-corrected chi connectivity index (χ2v) is 5.14. The van der Waals surface area contributed by atoms with E-state index < -0.39 is 0 Å². The molecule has 0 saturated carbocycles. The predicted octanol–water partition coefficient (Wildman–Crippen LogP) is 3.11. The molecule has 4 heteroatoms. The van der Waals surface area contributed by atoms with Crippen molar-refractivity contribution in [1.82, 2.24) is 4.90 Å². The van der Waals surface area contributed by atoms with Crippen LogP contribution < -0.4 is 4.74 Å². The fraction of sp³-hybridized carbons (Fsp3) is 0.278. The summed E-state index contributed by atoms with van der Waals surface area (Å²) in [4.78, 5) is 14.2. The summed E-state index contributed by atoms with van der Waals surface area (Å²) < 4.78 is 10.2. The number of carbonyl (C=O) groups is 1. The van der Waals surface area contributed by atoms with Crippen LogP contribution >= 0.6 is 0 Å². The third kappa shape index (κ3) is 3.86. The van der Waals surface area contributed by atoms with Gasteiger partial charge < -0.3 is 9.47 Å². The summed E-state index contributed by atoms with van der Waals surface area (Å²) in [5, 5.41) is 0. The lowest BCUT2D eigenvalue weighted by atomic mass is 10.1. The Hall–Kier alpha value is -2.33. The van der Waals surface area contributed by atoms with Gasteiger partial charge in [0.15, 0.2) is 0 Å². The van der Waals surface area contributed by atoms with Gasteiger partial charge in [-0.3, -0.25) is 4.90 Å². The first kappa shape index (κ1) is 16.0. The Morgan fingerprint density at radius 1 is 1.00 bits per heavy atom. The summed E-state index contributed by atoms with van der Waals surface area (Å²) in [6, 6.07) is 15.8. The number of hydrogen-bond donors (Lipinski definition) is 0. The minimum atomic E-state index is -0.374. The van der Waals surface area contributed by atoms with Crippen LogP contribution in [0, 0.1) is 0 Å². The normalized spacial score (nSPS) is 10.5. The van der Waals surface area contributed by atoms with E-state index in [-0.39, 0.29) is 5.97 Å². The third-order valence-electron chi connectivity index (χ3n) is 3.46. The summed E-state index contributed by atoms with van der Waals surface area (Å²) in [6.45, 7) is 1.44. The molecule has 0 aromatic heterocycles. The third-order valence-corrected chi connectivity index (χ3v) is 3.46. The van der Waals surface area contributed by atoms with Crippen molar-refractivity contribution in [1.29, 1.82) is 0 Å². The van der Waals surface area contributed by atoms with Gasteiger partial charge in [0.2, 0.25) is 0 Å². The molecule has 0 bridgehead atoms. The van der Waals surface area contributed by atoms with Gasteiger partial charge in [-0.25, -0.2) is 4.79 Å². The minimum Gasteiger partial charge on any atom is -0.496 e. The highest BCUT2D eigenvalue weighted by atomic mass is 16.5. The Bertz CT molecular complexity index is 625. The van der Waals surface area contributed by atoms with Crippen LogP contribution in [0.1, 0.15) is 21.5 Å². The fourth-order valence-corrected chi connectivity index (χ4v) is 2.45. The van der Waals surface area contributed by atoms with Gasteiger partial charge in [0.1, 0.15) is 11.3 Å². The van der Waals surface area contributed by atoms with E-state index in [9.17, 15) is 4.79 Å². The minimum absolute atomic E-state index is 0.374. The van der Waals surface area contributed by atoms with Gasteiger partial charge in [0.05, 0.1) is 14.2 Å². The molecule has 0 aliphatic heterocycles. The van der Waals surface area contributed by atoms with Crippen molar-refractivity contribution < 1.29 is 14.3 Å². The molecule has 22 heavy (non-hydrogen) atoms. The lowest BCUT2D eigenvalue weighted by molar-refractivity contribution is 0.0594. The molecule has 4 nitrogen and oxygen atoms in total. The molecule has 0 saturated heterocycles. The van der Waals surface area contributed by atoms with E-state index in [2.05, 4.69) is 17.0 Å². The van der Waals surface area contributed by atoms with Crippen LogP contribution in [0.25, 0.3) is 0 Å². The van der Waals surface area contributed by atoms with Crippen LogP contribution in [-0.4, -0.2) is 32.1 Å². The molecule has 0 fully saturated rings. The van der Waals surface area contributed by atoms with Gasteiger partial charge in [0, 0.05) is 13.1 Å². The number of hydrogen-bond acceptors (Lipinski definition) is 4. The van der Waals surface area contributed by atoms with E-state index in [0.29, 0.717) is 17.9 Å². The van der Waals surface area contributed by atoms with Crippen molar-refractivity contribution in [2.75, 3.05) is 21.3 Å². The van der Waals surface area contributed by atoms with E-state index in [0.717, 1.165) is 12.1 Å². The molecule has 0 heterocycles. The summed E-state index contributed by atoms with van der Waals surface area (Å²) in [6.07, 6.45) is 0. The molecular weight excluding hydrogens is 278 g/mol. The Morgan fingerprint density at radius 3 is 2.36 bits per heavy atom. The lowest BCUT2D eigenvalue weighted by Gasteiger charge is -2.19. The molecule has 0 spiro atoms. The highest BCUT2D eigenvalue weighted by molar-refractivity contribution is 5.94. The Balaban J connectivity index is 2.20. The quantitative estimate of drug-likeness (QED) is 0.768. The highest BCUT2D eigenvalue weighted by Gasteiger charge is 2.18. The zero-order valence-electron chi connectivity index (χ0n) is 13.2. The molecule has 116 valence electrons. The molecule has 0 aliphatic carbocycles. The lowest BCUT2D eigenvalue weighted by Crippen LogP contribution is -2.19. The maximum atomic E-state index is 12.0. The van der Waals surface area contributed by atoms with Crippen molar-refractivity contribution in [2.24, 2.45) is 0 Å².